The summed E-state index contributed by atoms with van der Waals surface area (Å²) < 4.78 is 27.5. The maximum Gasteiger partial charge on any atom is 0 e. The predicted molar refractivity (Wildman–Crippen MR) is 150 cm³/mol. The number of rotatable bonds is 4. The zero-order valence-electron chi connectivity index (χ0n) is 16.5. The van der Waals surface area contributed by atoms with Crippen LogP contribution in [-0.4, -0.2) is 30.3 Å². The molecule has 0 unspecified atom stereocenters. The molecule has 0 aromatic carbocycles. The van der Waals surface area contributed by atoms with E-state index in [1.54, 1.807) is 0 Å². The number of hydrogen-bond acceptors (Lipinski definition) is 5. The molecule has 0 heterocycles. The maximum absolute atomic E-state index is 9.85. The largest absolute Gasteiger partial charge is 0 e. The molecule has 0 saturated carbocycles. The predicted octanol–water partition coefficient (Wildman–Crippen LogP) is 6.17. The third-order valence-corrected chi connectivity index (χ3v) is 1.65. The average Bonchev–Trinajstić information content (AvgIpc) is 2.23. The van der Waals surface area contributed by atoms with Gasteiger partial charge < -0.3 is 13.8 Å². The van der Waals surface area contributed by atoms with Crippen molar-refractivity contribution >= 4 is 128 Å². The Morgan fingerprint density at radius 1 is 0.800 bits per heavy atom. The smallest absolute Gasteiger partial charge is 0 e. The molecule has 0 aliphatic rings. The van der Waals surface area contributed by atoms with Gasteiger partial charge in [0.15, 0.2) is 0 Å². The summed E-state index contributed by atoms with van der Waals surface area (Å²) in [4.78, 5) is 43.2. The molecule has 30 heavy (non-hydrogen) atoms. The zero-order valence-corrected chi connectivity index (χ0v) is 37.5. The number of hydrogen-bond donors (Lipinski definition) is 4. The Labute approximate surface area is 308 Å². The molecule has 0 aromatic heterocycles. The Bertz CT molecular complexity index is 458. The van der Waals surface area contributed by atoms with Crippen molar-refractivity contribution in [3.8, 4) is 0 Å². The molecule has 20 heteroatoms. The molecule has 0 aromatic rings. The van der Waals surface area contributed by atoms with Gasteiger partial charge in [0.2, 0.25) is 0 Å². The summed E-state index contributed by atoms with van der Waals surface area (Å²) in [5.41, 5.74) is 0. The van der Waals surface area contributed by atoms with Gasteiger partial charge in [0.25, 0.3) is 0 Å². The van der Waals surface area contributed by atoms with Crippen LogP contribution in [0.25, 0.3) is 0 Å². The fraction of sp³-hybridized carbons (Fsp3) is 0.500. The van der Waals surface area contributed by atoms with Gasteiger partial charge in [0.05, 0.1) is 11.5 Å². The molecule has 0 atom stereocenters. The molecule has 9 nitrogen and oxygen atoms in total. The second kappa shape index (κ2) is 39.5. The van der Waals surface area contributed by atoms with Crippen LogP contribution in [0.2, 0.25) is 0 Å². The number of ketones is 1. The molecule has 0 rings (SSSR count). The average molecular weight is 1270 g/mol. The summed E-state index contributed by atoms with van der Waals surface area (Å²) in [5, 5.41) is 0. The quantitative estimate of drug-likeness (QED) is 0.0853. The van der Waals surface area contributed by atoms with Gasteiger partial charge in [-0.3, -0.25) is 19.6 Å². The number of Topliss-reactive ketones (excluding diaryl/α,β-unsaturated/α-hetero) is 1. The summed E-state index contributed by atoms with van der Waals surface area (Å²) in [6, 6.07) is 0. The number of alkyl halides is 1. The number of carbonyl (C=O) groups is 1. The summed E-state index contributed by atoms with van der Waals surface area (Å²) in [7, 11) is -8.64. The minimum absolute atomic E-state index is 0. The van der Waals surface area contributed by atoms with Crippen molar-refractivity contribution in [2.24, 2.45) is 0 Å². The Hall–Kier alpha value is 6.01. The molecule has 0 saturated heterocycles. The first-order valence-electron chi connectivity index (χ1n) is 5.73. The molecular formula is C10H24I5MnO9P2VY2. The Kier molecular flexibility index (Phi) is 79.7. The van der Waals surface area contributed by atoms with E-state index >= 15 is 0 Å². The van der Waals surface area contributed by atoms with E-state index in [9.17, 15) is 13.9 Å². The van der Waals surface area contributed by atoms with Gasteiger partial charge in [-0.05, 0) is 32.6 Å². The van der Waals surface area contributed by atoms with Gasteiger partial charge in [-0.1, -0.05) is 35.7 Å². The maximum atomic E-state index is 9.85. The van der Waals surface area contributed by atoms with Crippen LogP contribution in [-0.2, 0) is 110 Å². The van der Waals surface area contributed by atoms with Crippen LogP contribution in [0.15, 0.2) is 24.7 Å². The van der Waals surface area contributed by atoms with E-state index in [1.807, 2.05) is 4.93 Å². The van der Waals surface area contributed by atoms with Crippen molar-refractivity contribution in [1.29, 1.82) is 0 Å². The minimum atomic E-state index is -4.32. The van der Waals surface area contributed by atoms with E-state index < -0.39 is 15.6 Å². The SMILES string of the molecule is C=C(C)OP(=O)(O)O.C=C(C)OP(=O)(O)O.CC(C)=O.CI.I.[I][V]([I])[I].[Mn].[Y].[Y]. The molecular weight excluding hydrogens is 1240 g/mol. The van der Waals surface area contributed by atoms with Crippen LogP contribution in [0.1, 0.15) is 27.7 Å². The van der Waals surface area contributed by atoms with Crippen LogP contribution in [0.3, 0.4) is 0 Å². The molecule has 0 aliphatic carbocycles. The van der Waals surface area contributed by atoms with E-state index in [0.717, 1.165) is 0 Å². The first kappa shape index (κ1) is 60.5. The number of halogens is 5. The van der Waals surface area contributed by atoms with Gasteiger partial charge >= 0.3 is 80.5 Å². The first-order chi connectivity index (χ1) is 11.3. The van der Waals surface area contributed by atoms with E-state index in [0.29, 0.717) is 0 Å². The van der Waals surface area contributed by atoms with E-state index in [2.05, 4.69) is 105 Å². The molecule has 0 aliphatic heterocycles. The van der Waals surface area contributed by atoms with Crippen molar-refractivity contribution in [3.05, 3.63) is 24.7 Å². The fourth-order valence-corrected chi connectivity index (χ4v) is 1.22. The zero-order chi connectivity index (χ0) is 22.7. The third kappa shape index (κ3) is 145. The van der Waals surface area contributed by atoms with Crippen molar-refractivity contribution in [2.45, 2.75) is 27.7 Å². The molecule has 0 spiro atoms. The van der Waals surface area contributed by atoms with Crippen molar-refractivity contribution in [3.63, 3.8) is 0 Å². The summed E-state index contributed by atoms with van der Waals surface area (Å²) >= 11 is 9.54. The molecule has 3 radical (unpaired) electrons. The van der Waals surface area contributed by atoms with Crippen molar-refractivity contribution in [1.82, 2.24) is 0 Å². The fourth-order valence-electron chi connectivity index (χ4n) is 0.406. The van der Waals surface area contributed by atoms with Crippen LogP contribution in [0, 0.1) is 0 Å². The third-order valence-electron chi connectivity index (χ3n) is 0.550. The van der Waals surface area contributed by atoms with E-state index in [4.69, 9.17) is 19.6 Å². The molecule has 0 fully saturated rings. The van der Waals surface area contributed by atoms with Gasteiger partial charge in [-0.2, -0.15) is 0 Å². The molecule has 181 valence electrons. The van der Waals surface area contributed by atoms with Crippen LogP contribution in [0.4, 0.5) is 0 Å². The monoisotopic (exact) mass is 1270 g/mol. The first-order valence-corrected chi connectivity index (χ1v) is 24.5. The number of allylic oxidation sites excluding steroid dienone is 2. The van der Waals surface area contributed by atoms with Crippen LogP contribution < -0.4 is 0 Å². The van der Waals surface area contributed by atoms with Gasteiger partial charge in [0, 0.05) is 82.5 Å². The summed E-state index contributed by atoms with van der Waals surface area (Å²) in [5.74, 6) is 0.191. The Morgan fingerprint density at radius 2 is 0.900 bits per heavy atom. The van der Waals surface area contributed by atoms with Gasteiger partial charge in [-0.15, -0.1) is 24.0 Å². The van der Waals surface area contributed by atoms with E-state index in [1.165, 1.54) is 27.7 Å². The summed E-state index contributed by atoms with van der Waals surface area (Å²) in [6.45, 7) is 12.0. The molecule has 4 N–H and O–H groups in total. The Balaban J connectivity index is -0.0000000271. The van der Waals surface area contributed by atoms with E-state index in [-0.39, 0.29) is 129 Å². The van der Waals surface area contributed by atoms with Crippen LogP contribution in [0.5, 0.6) is 0 Å². The number of phosphoric acid groups is 2. The van der Waals surface area contributed by atoms with Crippen molar-refractivity contribution in [2.75, 3.05) is 4.93 Å². The van der Waals surface area contributed by atoms with Crippen molar-refractivity contribution < 1.29 is 130 Å². The topological polar surface area (TPSA) is 151 Å². The number of phosphoric ester groups is 2. The summed E-state index contributed by atoms with van der Waals surface area (Å²) in [6.07, 6.45) is 0. The second-order valence-corrected chi connectivity index (χ2v) is 41.4. The standard InChI is InChI=1S/2C3H7O4P.C3H6O.CH3I.4HI.Mn.V.2Y/c2*1-3(2)7-8(4,5)6;1-3(2)4;1-2;;;;;;;;/h2*1H2,2H3,(H2,4,5,6);1-2H3;1H3;4*1H;;;;/q;;;;;;;;;+3;;/p-3. The normalized spacial score (nSPS) is 8.07. The molecule has 0 amide bonds. The van der Waals surface area contributed by atoms with Crippen LogP contribution >= 0.6 is 122 Å². The minimum Gasteiger partial charge on any atom is 0 e. The van der Waals surface area contributed by atoms with Gasteiger partial charge in [0.1, 0.15) is 5.78 Å². The second-order valence-electron chi connectivity index (χ2n) is 3.67. The number of carbonyl (C=O) groups excluding carboxylic acids is 1. The molecule has 0 bridgehead atoms. The van der Waals surface area contributed by atoms with Gasteiger partial charge in [-0.25, -0.2) is 9.13 Å². The Morgan fingerprint density at radius 3 is 0.900 bits per heavy atom.